The lowest BCUT2D eigenvalue weighted by molar-refractivity contribution is -0.131. The monoisotopic (exact) mass is 279 g/mol. The van der Waals surface area contributed by atoms with E-state index < -0.39 is 0 Å². The molecule has 1 aliphatic heterocycles. The zero-order valence-electron chi connectivity index (χ0n) is 9.43. The summed E-state index contributed by atoms with van der Waals surface area (Å²) in [6.07, 6.45) is 1.70. The van der Waals surface area contributed by atoms with Gasteiger partial charge in [-0.15, -0.1) is 0 Å². The van der Waals surface area contributed by atoms with Crippen LogP contribution in [0.2, 0.25) is 0 Å². The summed E-state index contributed by atoms with van der Waals surface area (Å²) < 4.78 is 5.41. The van der Waals surface area contributed by atoms with Crippen LogP contribution < -0.4 is 10.1 Å². The molecule has 1 N–H and O–H groups in total. The first-order chi connectivity index (χ1) is 8.54. The van der Waals surface area contributed by atoms with Gasteiger partial charge < -0.3 is 10.1 Å². The number of ether oxygens (including phenoxy) is 1. The molecular formula is C12H9NO3S2. The number of benzene rings is 1. The van der Waals surface area contributed by atoms with Crippen LogP contribution in [0, 0.1) is 0 Å². The van der Waals surface area contributed by atoms with E-state index in [9.17, 15) is 9.59 Å². The molecule has 1 amide bonds. The SMILES string of the molecule is CC(=O)Oc1cccc(C=C2SC(=S)NC2=O)c1. The topological polar surface area (TPSA) is 55.4 Å². The van der Waals surface area contributed by atoms with E-state index in [1.807, 2.05) is 6.07 Å². The molecule has 92 valence electrons. The average molecular weight is 279 g/mol. The van der Waals surface area contributed by atoms with Crippen LogP contribution in [-0.2, 0) is 9.59 Å². The van der Waals surface area contributed by atoms with Crippen molar-refractivity contribution in [2.75, 3.05) is 0 Å². The first-order valence-corrected chi connectivity index (χ1v) is 6.30. The average Bonchev–Trinajstić information content (AvgIpc) is 2.57. The van der Waals surface area contributed by atoms with Crippen LogP contribution >= 0.6 is 24.0 Å². The van der Waals surface area contributed by atoms with Crippen molar-refractivity contribution in [1.29, 1.82) is 0 Å². The quantitative estimate of drug-likeness (QED) is 0.389. The van der Waals surface area contributed by atoms with Gasteiger partial charge in [-0.2, -0.15) is 0 Å². The number of thiocarbonyl (C=S) groups is 1. The summed E-state index contributed by atoms with van der Waals surface area (Å²) in [5.41, 5.74) is 0.774. The molecule has 4 nitrogen and oxygen atoms in total. The Morgan fingerprint density at radius 1 is 1.50 bits per heavy atom. The highest BCUT2D eigenvalue weighted by molar-refractivity contribution is 8.26. The third-order valence-corrected chi connectivity index (χ3v) is 3.22. The van der Waals surface area contributed by atoms with Crippen LogP contribution in [0.4, 0.5) is 0 Å². The number of amides is 1. The second-order valence-corrected chi connectivity index (χ2v) is 5.24. The molecule has 1 heterocycles. The maximum atomic E-state index is 11.5. The Morgan fingerprint density at radius 2 is 2.28 bits per heavy atom. The number of hydrogen-bond acceptors (Lipinski definition) is 5. The van der Waals surface area contributed by atoms with E-state index >= 15 is 0 Å². The lowest BCUT2D eigenvalue weighted by atomic mass is 10.2. The summed E-state index contributed by atoms with van der Waals surface area (Å²) >= 11 is 6.11. The molecule has 2 rings (SSSR count). The zero-order valence-corrected chi connectivity index (χ0v) is 11.1. The van der Waals surface area contributed by atoms with Crippen molar-refractivity contribution < 1.29 is 14.3 Å². The van der Waals surface area contributed by atoms with E-state index in [0.29, 0.717) is 15.0 Å². The molecular weight excluding hydrogens is 270 g/mol. The Bertz CT molecular complexity index is 566. The predicted molar refractivity (Wildman–Crippen MR) is 74.1 cm³/mol. The molecule has 0 aliphatic carbocycles. The lowest BCUT2D eigenvalue weighted by Gasteiger charge is -2.02. The van der Waals surface area contributed by atoms with Crippen LogP contribution in [0.3, 0.4) is 0 Å². The van der Waals surface area contributed by atoms with E-state index in [1.165, 1.54) is 18.7 Å². The van der Waals surface area contributed by atoms with Crippen LogP contribution in [0.1, 0.15) is 12.5 Å². The van der Waals surface area contributed by atoms with Crippen molar-refractivity contribution in [1.82, 2.24) is 5.32 Å². The van der Waals surface area contributed by atoms with Gasteiger partial charge in [0.15, 0.2) is 0 Å². The van der Waals surface area contributed by atoms with Gasteiger partial charge in [0, 0.05) is 6.92 Å². The van der Waals surface area contributed by atoms with Crippen molar-refractivity contribution in [2.24, 2.45) is 0 Å². The van der Waals surface area contributed by atoms with Crippen molar-refractivity contribution in [2.45, 2.75) is 6.92 Å². The maximum Gasteiger partial charge on any atom is 0.308 e. The summed E-state index contributed by atoms with van der Waals surface area (Å²) in [5.74, 6) is -0.139. The second-order valence-electron chi connectivity index (χ2n) is 3.52. The molecule has 1 aromatic rings. The van der Waals surface area contributed by atoms with Crippen LogP contribution in [0.25, 0.3) is 6.08 Å². The first-order valence-electron chi connectivity index (χ1n) is 5.08. The van der Waals surface area contributed by atoms with Crippen molar-refractivity contribution in [3.05, 3.63) is 34.7 Å². The van der Waals surface area contributed by atoms with Crippen LogP contribution in [-0.4, -0.2) is 16.2 Å². The number of thioether (sulfide) groups is 1. The second kappa shape index (κ2) is 5.32. The van der Waals surface area contributed by atoms with E-state index in [-0.39, 0.29) is 11.9 Å². The Kier molecular flexibility index (Phi) is 3.78. The Hall–Kier alpha value is -1.66. The fourth-order valence-electron chi connectivity index (χ4n) is 1.41. The minimum absolute atomic E-state index is 0.206. The first kappa shape index (κ1) is 12.8. The molecule has 0 spiro atoms. The van der Waals surface area contributed by atoms with Crippen molar-refractivity contribution >= 4 is 46.3 Å². The number of carbonyl (C=O) groups is 2. The Morgan fingerprint density at radius 3 is 2.89 bits per heavy atom. The lowest BCUT2D eigenvalue weighted by Crippen LogP contribution is -2.17. The summed E-state index contributed by atoms with van der Waals surface area (Å²) in [4.78, 5) is 22.8. The van der Waals surface area contributed by atoms with Gasteiger partial charge in [-0.3, -0.25) is 9.59 Å². The summed E-state index contributed by atoms with van der Waals surface area (Å²) in [5, 5.41) is 2.54. The molecule has 1 aliphatic rings. The van der Waals surface area contributed by atoms with E-state index in [1.54, 1.807) is 24.3 Å². The molecule has 18 heavy (non-hydrogen) atoms. The van der Waals surface area contributed by atoms with Crippen LogP contribution in [0.5, 0.6) is 5.75 Å². The number of hydrogen-bond donors (Lipinski definition) is 1. The third kappa shape index (κ3) is 3.18. The maximum absolute atomic E-state index is 11.5. The Balaban J connectivity index is 2.24. The van der Waals surface area contributed by atoms with E-state index in [4.69, 9.17) is 17.0 Å². The molecule has 0 aromatic heterocycles. The predicted octanol–water partition coefficient (Wildman–Crippen LogP) is 2.10. The summed E-state index contributed by atoms with van der Waals surface area (Å²) in [7, 11) is 0. The largest absolute Gasteiger partial charge is 0.427 e. The molecule has 0 unspecified atom stereocenters. The highest BCUT2D eigenvalue weighted by Gasteiger charge is 2.21. The molecule has 0 saturated carbocycles. The molecule has 1 fully saturated rings. The molecule has 0 atom stereocenters. The van der Waals surface area contributed by atoms with E-state index in [0.717, 1.165) is 5.56 Å². The van der Waals surface area contributed by atoms with Gasteiger partial charge in [0.2, 0.25) is 0 Å². The van der Waals surface area contributed by atoms with Gasteiger partial charge in [0.25, 0.3) is 5.91 Å². The number of rotatable bonds is 2. The molecule has 1 saturated heterocycles. The highest BCUT2D eigenvalue weighted by Crippen LogP contribution is 2.26. The fourth-order valence-corrected chi connectivity index (χ4v) is 2.45. The summed E-state index contributed by atoms with van der Waals surface area (Å²) in [6.45, 7) is 1.34. The summed E-state index contributed by atoms with van der Waals surface area (Å²) in [6, 6.07) is 6.93. The molecule has 6 heteroatoms. The van der Waals surface area contributed by atoms with Gasteiger partial charge in [0.05, 0.1) is 4.91 Å². The Labute approximate surface area is 113 Å². The van der Waals surface area contributed by atoms with Crippen LogP contribution in [0.15, 0.2) is 29.2 Å². The van der Waals surface area contributed by atoms with Gasteiger partial charge >= 0.3 is 5.97 Å². The fraction of sp³-hybridized carbons (Fsp3) is 0.0833. The van der Waals surface area contributed by atoms with E-state index in [2.05, 4.69) is 5.32 Å². The van der Waals surface area contributed by atoms with Gasteiger partial charge in [-0.25, -0.2) is 0 Å². The smallest absolute Gasteiger partial charge is 0.308 e. The van der Waals surface area contributed by atoms with Gasteiger partial charge in [-0.1, -0.05) is 36.1 Å². The minimum Gasteiger partial charge on any atom is -0.427 e. The third-order valence-electron chi connectivity index (χ3n) is 2.06. The molecule has 1 aromatic carbocycles. The van der Waals surface area contributed by atoms with Crippen molar-refractivity contribution in [3.63, 3.8) is 0 Å². The number of nitrogens with one attached hydrogen (secondary N) is 1. The van der Waals surface area contributed by atoms with Gasteiger partial charge in [0.1, 0.15) is 10.1 Å². The normalized spacial score (nSPS) is 16.8. The van der Waals surface area contributed by atoms with Crippen molar-refractivity contribution in [3.8, 4) is 5.75 Å². The zero-order chi connectivity index (χ0) is 13.1. The number of esters is 1. The number of carbonyl (C=O) groups excluding carboxylic acids is 2. The molecule has 0 radical (unpaired) electrons. The highest BCUT2D eigenvalue weighted by atomic mass is 32.2. The van der Waals surface area contributed by atoms with Gasteiger partial charge in [-0.05, 0) is 23.8 Å². The minimum atomic E-state index is -0.381. The standard InChI is InChI=1S/C12H9NO3S2/c1-7(14)16-9-4-2-3-8(5-9)6-10-11(15)13-12(17)18-10/h2-6H,1H3,(H,13,15,17). The molecule has 0 bridgehead atoms.